The first kappa shape index (κ1) is 23.9. The maximum Gasteiger partial charge on any atom is 0.177 e. The Hall–Kier alpha value is -3.42. The van der Waals surface area contributed by atoms with Crippen molar-refractivity contribution in [2.24, 2.45) is 0 Å². The van der Waals surface area contributed by atoms with Crippen molar-refractivity contribution in [3.8, 4) is 0 Å². The fourth-order valence-corrected chi connectivity index (χ4v) is 12.7. The van der Waals surface area contributed by atoms with Crippen molar-refractivity contribution < 1.29 is 0 Å². The summed E-state index contributed by atoms with van der Waals surface area (Å²) in [6.45, 7) is 4.67. The number of fused-ring (bicyclic) bond motifs is 2. The molecule has 0 bridgehead atoms. The molecule has 0 saturated heterocycles. The van der Waals surface area contributed by atoms with E-state index in [-0.39, 0.29) is 0 Å². The number of hydrogen-bond acceptors (Lipinski definition) is 0. The van der Waals surface area contributed by atoms with Gasteiger partial charge in [-0.15, -0.1) is 0 Å². The first-order valence-corrected chi connectivity index (χ1v) is 16.1. The van der Waals surface area contributed by atoms with E-state index in [1.807, 2.05) is 0 Å². The standard InChI is InChI=1S/C36H36Si/c1-3-5-22-32-33-24-15-17-28-26-27-16-13-14-23-31(27)36(35(28)33)37(34(32)25-6-4-2,29-18-9-7-10-19-29)30-20-11-8-12-21-30/h7-21,23-24,26H,3-6,22,25H2,1-2H3. The summed E-state index contributed by atoms with van der Waals surface area (Å²) in [4.78, 5) is 0. The quantitative estimate of drug-likeness (QED) is 0.150. The van der Waals surface area contributed by atoms with Crippen LogP contribution in [-0.4, -0.2) is 8.07 Å². The van der Waals surface area contributed by atoms with Gasteiger partial charge in [0.25, 0.3) is 0 Å². The van der Waals surface area contributed by atoms with Gasteiger partial charge in [-0.2, -0.15) is 0 Å². The normalized spacial score (nSPS) is 14.4. The summed E-state index contributed by atoms with van der Waals surface area (Å²) >= 11 is 0. The molecule has 1 heteroatoms. The van der Waals surface area contributed by atoms with Gasteiger partial charge >= 0.3 is 0 Å². The maximum atomic E-state index is 2.43. The van der Waals surface area contributed by atoms with Crippen molar-refractivity contribution in [3.63, 3.8) is 0 Å². The van der Waals surface area contributed by atoms with E-state index in [9.17, 15) is 0 Å². The van der Waals surface area contributed by atoms with E-state index in [0.29, 0.717) is 0 Å². The summed E-state index contributed by atoms with van der Waals surface area (Å²) in [5, 5.41) is 12.1. The molecular formula is C36H36Si. The molecule has 0 saturated carbocycles. The lowest BCUT2D eigenvalue weighted by molar-refractivity contribution is 0.791. The van der Waals surface area contributed by atoms with E-state index < -0.39 is 8.07 Å². The predicted octanol–water partition coefficient (Wildman–Crippen LogP) is 8.15. The highest BCUT2D eigenvalue weighted by atomic mass is 28.3. The molecule has 6 rings (SSSR count). The molecule has 37 heavy (non-hydrogen) atoms. The molecule has 0 amide bonds. The van der Waals surface area contributed by atoms with Crippen molar-refractivity contribution in [2.75, 3.05) is 0 Å². The minimum absolute atomic E-state index is 1.16. The Labute approximate surface area is 222 Å². The molecule has 1 aliphatic rings. The van der Waals surface area contributed by atoms with Crippen LogP contribution in [0.5, 0.6) is 0 Å². The number of hydrogen-bond donors (Lipinski definition) is 0. The lowest BCUT2D eigenvalue weighted by Crippen LogP contribution is -2.70. The third-order valence-electron chi connectivity index (χ3n) is 8.38. The van der Waals surface area contributed by atoms with E-state index in [0.717, 1.165) is 6.42 Å². The van der Waals surface area contributed by atoms with Crippen LogP contribution in [0.4, 0.5) is 0 Å². The second-order valence-electron chi connectivity index (χ2n) is 10.5. The van der Waals surface area contributed by atoms with E-state index in [1.165, 1.54) is 69.6 Å². The van der Waals surface area contributed by atoms with Gasteiger partial charge in [-0.25, -0.2) is 0 Å². The number of allylic oxidation sites excluding steroid dienone is 2. The van der Waals surface area contributed by atoms with E-state index in [2.05, 4.69) is 123 Å². The molecule has 1 heterocycles. The van der Waals surface area contributed by atoms with Gasteiger partial charge < -0.3 is 0 Å². The number of unbranched alkanes of at least 4 members (excludes halogenated alkanes) is 2. The van der Waals surface area contributed by atoms with Crippen LogP contribution in [0.25, 0.3) is 27.1 Å². The van der Waals surface area contributed by atoms with Gasteiger partial charge in [0.1, 0.15) is 0 Å². The Balaban J connectivity index is 1.89. The fraction of sp³-hybridized carbons (Fsp3) is 0.222. The molecule has 0 N–H and O–H groups in total. The fourth-order valence-electron chi connectivity index (χ4n) is 6.81. The van der Waals surface area contributed by atoms with Crippen LogP contribution >= 0.6 is 0 Å². The largest absolute Gasteiger partial charge is 0.177 e. The molecule has 0 aromatic heterocycles. The lowest BCUT2D eigenvalue weighted by Gasteiger charge is -2.43. The SMILES string of the molecule is CCCCC1=C(CCCC)[Si](c2ccccc2)(c2ccccc2)c2c3ccccc3cc3cccc1c23. The van der Waals surface area contributed by atoms with Crippen LogP contribution in [-0.2, 0) is 0 Å². The van der Waals surface area contributed by atoms with Crippen LogP contribution in [0.15, 0.2) is 114 Å². The molecule has 0 spiro atoms. The zero-order valence-electron chi connectivity index (χ0n) is 22.1. The van der Waals surface area contributed by atoms with Crippen molar-refractivity contribution in [1.82, 2.24) is 0 Å². The molecule has 0 aliphatic carbocycles. The smallest absolute Gasteiger partial charge is 0.0654 e. The molecule has 0 fully saturated rings. The Morgan fingerprint density at radius 2 is 1.16 bits per heavy atom. The molecule has 0 radical (unpaired) electrons. The molecule has 5 aromatic rings. The highest BCUT2D eigenvalue weighted by Crippen LogP contribution is 2.42. The van der Waals surface area contributed by atoms with Crippen molar-refractivity contribution in [2.45, 2.75) is 52.4 Å². The predicted molar refractivity (Wildman–Crippen MR) is 165 cm³/mol. The first-order valence-electron chi connectivity index (χ1n) is 14.1. The summed E-state index contributed by atoms with van der Waals surface area (Å²) in [6, 6.07) is 41.8. The van der Waals surface area contributed by atoms with Crippen molar-refractivity contribution in [3.05, 3.63) is 120 Å². The van der Waals surface area contributed by atoms with E-state index >= 15 is 0 Å². The summed E-state index contributed by atoms with van der Waals surface area (Å²) < 4.78 is 0. The van der Waals surface area contributed by atoms with Crippen LogP contribution in [0.2, 0.25) is 0 Å². The van der Waals surface area contributed by atoms with Crippen molar-refractivity contribution >= 4 is 50.8 Å². The minimum atomic E-state index is -2.55. The van der Waals surface area contributed by atoms with Gasteiger partial charge in [0.2, 0.25) is 0 Å². The summed E-state index contributed by atoms with van der Waals surface area (Å²) in [5.74, 6) is 0. The molecule has 0 nitrogen and oxygen atoms in total. The van der Waals surface area contributed by atoms with E-state index in [1.54, 1.807) is 16.0 Å². The maximum absolute atomic E-state index is 2.55. The van der Waals surface area contributed by atoms with Crippen molar-refractivity contribution in [1.29, 1.82) is 0 Å². The second-order valence-corrected chi connectivity index (χ2v) is 14.3. The number of rotatable bonds is 8. The average Bonchev–Trinajstić information content (AvgIpc) is 2.96. The Kier molecular flexibility index (Phi) is 6.57. The molecule has 0 atom stereocenters. The van der Waals surface area contributed by atoms with Gasteiger partial charge in [-0.1, -0.05) is 141 Å². The zero-order valence-corrected chi connectivity index (χ0v) is 23.1. The molecular weight excluding hydrogens is 460 g/mol. The van der Waals surface area contributed by atoms with Gasteiger partial charge in [0.05, 0.1) is 0 Å². The molecule has 184 valence electrons. The van der Waals surface area contributed by atoms with Gasteiger partial charge in [-0.05, 0) is 73.6 Å². The zero-order chi connectivity index (χ0) is 25.2. The van der Waals surface area contributed by atoms with Gasteiger partial charge in [0.15, 0.2) is 8.07 Å². The third-order valence-corrected chi connectivity index (χ3v) is 13.5. The summed E-state index contributed by atoms with van der Waals surface area (Å²) in [6.07, 6.45) is 7.23. The monoisotopic (exact) mass is 496 g/mol. The molecule has 0 unspecified atom stereocenters. The molecule has 1 aliphatic heterocycles. The Morgan fingerprint density at radius 1 is 0.568 bits per heavy atom. The highest BCUT2D eigenvalue weighted by molar-refractivity contribution is 7.19. The lowest BCUT2D eigenvalue weighted by atomic mass is 9.91. The Bertz CT molecular complexity index is 1540. The Morgan fingerprint density at radius 3 is 1.84 bits per heavy atom. The minimum Gasteiger partial charge on any atom is -0.0654 e. The van der Waals surface area contributed by atoms with Gasteiger partial charge in [-0.3, -0.25) is 0 Å². The second kappa shape index (κ2) is 10.1. The summed E-state index contributed by atoms with van der Waals surface area (Å²) in [7, 11) is -2.55. The first-order chi connectivity index (χ1) is 18.3. The van der Waals surface area contributed by atoms with E-state index in [4.69, 9.17) is 0 Å². The number of benzene rings is 5. The third kappa shape index (κ3) is 3.80. The topological polar surface area (TPSA) is 0 Å². The van der Waals surface area contributed by atoms with Crippen LogP contribution < -0.4 is 15.6 Å². The highest BCUT2D eigenvalue weighted by Gasteiger charge is 2.48. The van der Waals surface area contributed by atoms with Crippen LogP contribution in [0, 0.1) is 0 Å². The van der Waals surface area contributed by atoms with Gasteiger partial charge in [0, 0.05) is 0 Å². The molecule has 5 aromatic carbocycles. The average molecular weight is 497 g/mol. The van der Waals surface area contributed by atoms with Crippen LogP contribution in [0.3, 0.4) is 0 Å². The van der Waals surface area contributed by atoms with Crippen LogP contribution in [0.1, 0.15) is 57.9 Å². The summed E-state index contributed by atoms with van der Waals surface area (Å²) in [5.41, 5.74) is 3.14.